The van der Waals surface area contributed by atoms with Crippen molar-refractivity contribution < 1.29 is 0 Å². The monoisotopic (exact) mass is 310 g/mol. The summed E-state index contributed by atoms with van der Waals surface area (Å²) < 4.78 is 1.09. The van der Waals surface area contributed by atoms with Gasteiger partial charge >= 0.3 is 0 Å². The predicted octanol–water partition coefficient (Wildman–Crippen LogP) is 4.70. The van der Waals surface area contributed by atoms with Crippen LogP contribution in [0.1, 0.15) is 28.5 Å². The Balaban J connectivity index is 2.16. The molecule has 0 aliphatic carbocycles. The van der Waals surface area contributed by atoms with Gasteiger partial charge in [-0.1, -0.05) is 22.0 Å². The first-order valence-corrected chi connectivity index (χ1v) is 7.13. The topological polar surface area (TPSA) is 24.9 Å². The van der Waals surface area contributed by atoms with E-state index in [0.29, 0.717) is 0 Å². The summed E-state index contributed by atoms with van der Waals surface area (Å²) in [5.41, 5.74) is 2.25. The molecule has 17 heavy (non-hydrogen) atoms. The van der Waals surface area contributed by atoms with Crippen LogP contribution in [-0.4, -0.2) is 4.98 Å². The molecule has 2 aromatic rings. The van der Waals surface area contributed by atoms with E-state index in [1.54, 1.807) is 11.3 Å². The van der Waals surface area contributed by atoms with Gasteiger partial charge in [0.25, 0.3) is 0 Å². The van der Waals surface area contributed by atoms with Crippen LogP contribution in [0.4, 0.5) is 5.69 Å². The number of nitrogens with zero attached hydrogens (tertiary/aromatic N) is 1. The molecule has 0 aliphatic heterocycles. The van der Waals surface area contributed by atoms with Crippen LogP contribution in [0.25, 0.3) is 0 Å². The molecule has 2 nitrogen and oxygen atoms in total. The molecule has 1 atom stereocenters. The van der Waals surface area contributed by atoms with Gasteiger partial charge in [0.15, 0.2) is 0 Å². The summed E-state index contributed by atoms with van der Waals surface area (Å²) in [5, 5.41) is 4.62. The zero-order valence-electron chi connectivity index (χ0n) is 10.1. The summed E-state index contributed by atoms with van der Waals surface area (Å²) in [7, 11) is 0. The number of hydrogen-bond acceptors (Lipinski definition) is 3. The van der Waals surface area contributed by atoms with E-state index < -0.39 is 0 Å². The van der Waals surface area contributed by atoms with Crippen molar-refractivity contribution in [2.24, 2.45) is 0 Å². The lowest BCUT2D eigenvalue weighted by Crippen LogP contribution is -2.06. The molecule has 0 saturated heterocycles. The number of aromatic nitrogens is 1. The number of thiazole rings is 1. The van der Waals surface area contributed by atoms with Crippen molar-refractivity contribution in [3.05, 3.63) is 44.3 Å². The van der Waals surface area contributed by atoms with Gasteiger partial charge in [-0.05, 0) is 39.0 Å². The van der Waals surface area contributed by atoms with E-state index >= 15 is 0 Å². The minimum atomic E-state index is 0.288. The van der Waals surface area contributed by atoms with E-state index in [1.165, 1.54) is 4.88 Å². The molecular weight excluding hydrogens is 296 g/mol. The SMILES string of the molecule is Cc1nc(C)c(C(C)Nc2cccc(Br)c2)s1. The predicted molar refractivity (Wildman–Crippen MR) is 77.8 cm³/mol. The van der Waals surface area contributed by atoms with Gasteiger partial charge < -0.3 is 5.32 Å². The molecule has 0 fully saturated rings. The van der Waals surface area contributed by atoms with Gasteiger partial charge in [0.1, 0.15) is 0 Å². The summed E-state index contributed by atoms with van der Waals surface area (Å²) in [5.74, 6) is 0. The van der Waals surface area contributed by atoms with E-state index in [2.05, 4.69) is 52.2 Å². The fraction of sp³-hybridized carbons (Fsp3) is 0.308. The highest BCUT2D eigenvalue weighted by Crippen LogP contribution is 2.28. The molecule has 0 amide bonds. The number of anilines is 1. The number of hydrogen-bond donors (Lipinski definition) is 1. The van der Waals surface area contributed by atoms with Crippen molar-refractivity contribution in [2.75, 3.05) is 5.32 Å². The van der Waals surface area contributed by atoms with Crippen LogP contribution >= 0.6 is 27.3 Å². The summed E-state index contributed by atoms with van der Waals surface area (Å²) in [6.45, 7) is 6.28. The van der Waals surface area contributed by atoms with Crippen molar-refractivity contribution in [1.29, 1.82) is 0 Å². The van der Waals surface area contributed by atoms with Gasteiger partial charge in [-0.25, -0.2) is 4.98 Å². The normalized spacial score (nSPS) is 12.5. The number of aryl methyl sites for hydroxylation is 2. The standard InChI is InChI=1S/C13H15BrN2S/c1-8-13(17-10(3)15-8)9(2)16-12-6-4-5-11(14)7-12/h4-7,9,16H,1-3H3. The lowest BCUT2D eigenvalue weighted by atomic mass is 10.2. The highest BCUT2D eigenvalue weighted by Gasteiger charge is 2.12. The van der Waals surface area contributed by atoms with Gasteiger partial charge in [-0.15, -0.1) is 11.3 Å². The molecule has 2 rings (SSSR count). The summed E-state index contributed by atoms with van der Waals surface area (Å²) >= 11 is 5.24. The lowest BCUT2D eigenvalue weighted by Gasteiger charge is -2.14. The third-order valence-corrected chi connectivity index (χ3v) is 4.29. The molecule has 0 aliphatic rings. The molecule has 1 unspecified atom stereocenters. The first kappa shape index (κ1) is 12.6. The van der Waals surface area contributed by atoms with Crippen LogP contribution in [0.3, 0.4) is 0 Å². The second kappa shape index (κ2) is 5.19. The maximum atomic E-state index is 4.46. The summed E-state index contributed by atoms with van der Waals surface area (Å²) in [4.78, 5) is 5.77. The Labute approximate surface area is 114 Å². The van der Waals surface area contributed by atoms with Crippen LogP contribution in [0.15, 0.2) is 28.7 Å². The van der Waals surface area contributed by atoms with E-state index in [9.17, 15) is 0 Å². The Morgan fingerprint density at radius 2 is 2.12 bits per heavy atom. The van der Waals surface area contributed by atoms with E-state index in [1.807, 2.05) is 19.1 Å². The molecule has 0 saturated carbocycles. The van der Waals surface area contributed by atoms with Crippen LogP contribution in [0.5, 0.6) is 0 Å². The Morgan fingerprint density at radius 3 is 2.71 bits per heavy atom. The van der Waals surface area contributed by atoms with Gasteiger partial charge in [0.2, 0.25) is 0 Å². The number of nitrogens with one attached hydrogen (secondary N) is 1. The lowest BCUT2D eigenvalue weighted by molar-refractivity contribution is 0.889. The fourth-order valence-electron chi connectivity index (χ4n) is 1.84. The molecule has 0 radical (unpaired) electrons. The maximum Gasteiger partial charge on any atom is 0.0900 e. The van der Waals surface area contributed by atoms with Gasteiger partial charge in [0, 0.05) is 15.0 Å². The Kier molecular flexibility index (Phi) is 3.84. The molecule has 90 valence electrons. The zero-order chi connectivity index (χ0) is 12.4. The first-order chi connectivity index (χ1) is 8.06. The van der Waals surface area contributed by atoms with Crippen molar-refractivity contribution in [1.82, 2.24) is 4.98 Å². The average molecular weight is 311 g/mol. The zero-order valence-corrected chi connectivity index (χ0v) is 12.5. The minimum Gasteiger partial charge on any atom is -0.378 e. The second-order valence-electron chi connectivity index (χ2n) is 4.06. The van der Waals surface area contributed by atoms with Gasteiger partial charge in [-0.2, -0.15) is 0 Å². The molecule has 4 heteroatoms. The van der Waals surface area contributed by atoms with Crippen molar-refractivity contribution >= 4 is 33.0 Å². The number of halogens is 1. The quantitative estimate of drug-likeness (QED) is 0.889. The number of rotatable bonds is 3. The van der Waals surface area contributed by atoms with E-state index in [-0.39, 0.29) is 6.04 Å². The first-order valence-electron chi connectivity index (χ1n) is 5.52. The summed E-state index contributed by atoms with van der Waals surface area (Å²) in [6, 6.07) is 8.50. The van der Waals surface area contributed by atoms with Crippen molar-refractivity contribution in [3.63, 3.8) is 0 Å². The van der Waals surface area contributed by atoms with Crippen LogP contribution < -0.4 is 5.32 Å². The van der Waals surface area contributed by atoms with Crippen LogP contribution in [-0.2, 0) is 0 Å². The third kappa shape index (κ3) is 3.07. The van der Waals surface area contributed by atoms with E-state index in [0.717, 1.165) is 20.9 Å². The van der Waals surface area contributed by atoms with Crippen molar-refractivity contribution in [2.45, 2.75) is 26.8 Å². The Hall–Kier alpha value is -0.870. The van der Waals surface area contributed by atoms with Gasteiger partial charge in [-0.3, -0.25) is 0 Å². The fourth-order valence-corrected chi connectivity index (χ4v) is 3.17. The third-order valence-electron chi connectivity index (χ3n) is 2.54. The van der Waals surface area contributed by atoms with Crippen LogP contribution in [0, 0.1) is 13.8 Å². The number of benzene rings is 1. The molecule has 0 spiro atoms. The second-order valence-corrected chi connectivity index (χ2v) is 6.21. The van der Waals surface area contributed by atoms with Crippen molar-refractivity contribution in [3.8, 4) is 0 Å². The maximum absolute atomic E-state index is 4.46. The van der Waals surface area contributed by atoms with E-state index in [4.69, 9.17) is 0 Å². The highest BCUT2D eigenvalue weighted by molar-refractivity contribution is 9.10. The molecule has 1 N–H and O–H groups in total. The average Bonchev–Trinajstić information content (AvgIpc) is 2.58. The Bertz CT molecular complexity index is 522. The minimum absolute atomic E-state index is 0.288. The molecule has 1 heterocycles. The molecule has 0 bridgehead atoms. The molecule has 1 aromatic carbocycles. The van der Waals surface area contributed by atoms with Crippen LogP contribution in [0.2, 0.25) is 0 Å². The molecular formula is C13H15BrN2S. The molecule has 1 aromatic heterocycles. The largest absolute Gasteiger partial charge is 0.378 e. The summed E-state index contributed by atoms with van der Waals surface area (Å²) in [6.07, 6.45) is 0. The highest BCUT2D eigenvalue weighted by atomic mass is 79.9. The van der Waals surface area contributed by atoms with Gasteiger partial charge in [0.05, 0.1) is 16.7 Å². The smallest absolute Gasteiger partial charge is 0.0900 e. The Morgan fingerprint density at radius 1 is 1.35 bits per heavy atom.